The normalized spacial score (nSPS) is 11.7. The van der Waals surface area contributed by atoms with Crippen LogP contribution >= 0.6 is 0 Å². The summed E-state index contributed by atoms with van der Waals surface area (Å²) in [5.41, 5.74) is 4.58. The predicted octanol–water partition coefficient (Wildman–Crippen LogP) is 5.09. The fourth-order valence-electron chi connectivity index (χ4n) is 4.22. The Labute approximate surface area is 220 Å². The van der Waals surface area contributed by atoms with Crippen LogP contribution in [0, 0.1) is 19.7 Å². The van der Waals surface area contributed by atoms with Gasteiger partial charge in [0, 0.05) is 23.7 Å². The molecular weight excluding hydrogens is 487 g/mol. The van der Waals surface area contributed by atoms with E-state index >= 15 is 0 Å². The lowest BCUT2D eigenvalue weighted by Gasteiger charge is -2.17. The molecule has 9 heteroatoms. The minimum atomic E-state index is -1.16. The van der Waals surface area contributed by atoms with Crippen molar-refractivity contribution in [1.29, 1.82) is 0 Å². The first-order valence-corrected chi connectivity index (χ1v) is 12.3. The number of carbonyl (C=O) groups excluding carboxylic acids is 1. The van der Waals surface area contributed by atoms with Gasteiger partial charge in [0.25, 0.3) is 5.91 Å². The molecule has 1 atom stereocenters. The number of nitrogens with one attached hydrogen (secondary N) is 2. The predicted molar refractivity (Wildman–Crippen MR) is 141 cm³/mol. The van der Waals surface area contributed by atoms with Crippen molar-refractivity contribution in [1.82, 2.24) is 15.3 Å². The first-order chi connectivity index (χ1) is 18.2. The number of benzene rings is 2. The molecular formula is C29H29FN4O4. The van der Waals surface area contributed by atoms with Crippen LogP contribution in [0.1, 0.15) is 45.4 Å². The summed E-state index contributed by atoms with van der Waals surface area (Å²) < 4.78 is 19.3. The standard InChI is InChI=1S/C29H29FN4O4/c1-4-20-14-22(30)12-18(3)27(20)28(35)34-23(29(36)37)13-19-5-7-21(8-6-19)24-16-38-26(33-24)15-32-25-11-17(2)9-10-31-25/h5-12,14,16,23H,4,13,15H2,1-3H3,(H,31,32)(H,34,35)(H,36,37). The van der Waals surface area contributed by atoms with Crippen molar-refractivity contribution in [3.63, 3.8) is 0 Å². The molecule has 0 aliphatic heterocycles. The number of halogens is 1. The van der Waals surface area contributed by atoms with E-state index in [1.807, 2.05) is 38.1 Å². The number of anilines is 1. The Balaban J connectivity index is 1.41. The summed E-state index contributed by atoms with van der Waals surface area (Å²) in [6, 6.07) is 12.5. The molecule has 38 heavy (non-hydrogen) atoms. The van der Waals surface area contributed by atoms with E-state index < -0.39 is 23.7 Å². The molecule has 0 spiro atoms. The third kappa shape index (κ3) is 6.42. The zero-order valence-corrected chi connectivity index (χ0v) is 21.4. The van der Waals surface area contributed by atoms with Gasteiger partial charge in [0.1, 0.15) is 29.6 Å². The molecule has 0 aliphatic carbocycles. The maximum atomic E-state index is 13.8. The van der Waals surface area contributed by atoms with Crippen LogP contribution in [0.4, 0.5) is 10.2 Å². The average Bonchev–Trinajstić information content (AvgIpc) is 3.36. The second-order valence-electron chi connectivity index (χ2n) is 9.07. The molecule has 0 fully saturated rings. The van der Waals surface area contributed by atoms with Crippen LogP contribution in [-0.4, -0.2) is 33.0 Å². The maximum Gasteiger partial charge on any atom is 0.326 e. The van der Waals surface area contributed by atoms with Gasteiger partial charge in [-0.3, -0.25) is 4.79 Å². The number of rotatable bonds is 10. The molecule has 0 saturated heterocycles. The molecule has 0 aliphatic rings. The Kier molecular flexibility index (Phi) is 8.15. The summed E-state index contributed by atoms with van der Waals surface area (Å²) in [5.74, 6) is -0.882. The maximum absolute atomic E-state index is 13.8. The van der Waals surface area contributed by atoms with E-state index in [-0.39, 0.29) is 6.42 Å². The molecule has 0 radical (unpaired) electrons. The number of hydrogen-bond acceptors (Lipinski definition) is 6. The van der Waals surface area contributed by atoms with Crippen LogP contribution in [0.3, 0.4) is 0 Å². The highest BCUT2D eigenvalue weighted by Crippen LogP contribution is 2.21. The van der Waals surface area contributed by atoms with Crippen LogP contribution in [0.15, 0.2) is 65.4 Å². The molecule has 8 nitrogen and oxygen atoms in total. The Morgan fingerprint density at radius 3 is 2.55 bits per heavy atom. The van der Waals surface area contributed by atoms with Gasteiger partial charge in [-0.15, -0.1) is 0 Å². The van der Waals surface area contributed by atoms with E-state index in [1.54, 1.807) is 31.5 Å². The second kappa shape index (κ2) is 11.7. The lowest BCUT2D eigenvalue weighted by molar-refractivity contribution is -0.139. The number of aryl methyl sites for hydroxylation is 3. The Bertz CT molecular complexity index is 1450. The highest BCUT2D eigenvalue weighted by Gasteiger charge is 2.24. The molecule has 2 aromatic heterocycles. The quantitative estimate of drug-likeness (QED) is 0.269. The number of carboxylic acid groups (broad SMARTS) is 1. The third-order valence-corrected chi connectivity index (χ3v) is 6.17. The Morgan fingerprint density at radius 1 is 1.11 bits per heavy atom. The molecule has 4 aromatic rings. The Hall–Kier alpha value is -4.53. The average molecular weight is 517 g/mol. The molecule has 0 saturated carbocycles. The van der Waals surface area contributed by atoms with Gasteiger partial charge in [0.05, 0.1) is 6.54 Å². The summed E-state index contributed by atoms with van der Waals surface area (Å²) >= 11 is 0. The van der Waals surface area contributed by atoms with Crippen LogP contribution in [0.5, 0.6) is 0 Å². The molecule has 1 amide bonds. The van der Waals surface area contributed by atoms with E-state index in [0.717, 1.165) is 22.5 Å². The number of pyridine rings is 1. The van der Waals surface area contributed by atoms with E-state index in [4.69, 9.17) is 4.42 Å². The molecule has 2 heterocycles. The van der Waals surface area contributed by atoms with E-state index in [1.165, 1.54) is 12.1 Å². The van der Waals surface area contributed by atoms with Crippen LogP contribution < -0.4 is 10.6 Å². The summed E-state index contributed by atoms with van der Waals surface area (Å²) in [6.07, 6.45) is 3.82. The fraction of sp³-hybridized carbons (Fsp3) is 0.241. The van der Waals surface area contributed by atoms with Gasteiger partial charge in [-0.2, -0.15) is 0 Å². The number of amides is 1. The number of aromatic nitrogens is 2. The first kappa shape index (κ1) is 26.5. The molecule has 4 rings (SSSR count). The minimum absolute atomic E-state index is 0.0839. The van der Waals surface area contributed by atoms with Crippen LogP contribution in [0.2, 0.25) is 0 Å². The van der Waals surface area contributed by atoms with Crippen molar-refractivity contribution in [2.24, 2.45) is 0 Å². The lowest BCUT2D eigenvalue weighted by atomic mass is 9.98. The topological polar surface area (TPSA) is 117 Å². The molecule has 3 N–H and O–H groups in total. The molecule has 0 bridgehead atoms. The van der Waals surface area contributed by atoms with Crippen molar-refractivity contribution in [2.75, 3.05) is 5.32 Å². The van der Waals surface area contributed by atoms with E-state index in [2.05, 4.69) is 20.6 Å². The first-order valence-electron chi connectivity index (χ1n) is 12.3. The van der Waals surface area contributed by atoms with Crippen molar-refractivity contribution in [2.45, 2.75) is 46.2 Å². The van der Waals surface area contributed by atoms with Gasteiger partial charge in [0.2, 0.25) is 5.89 Å². The molecule has 196 valence electrons. The second-order valence-corrected chi connectivity index (χ2v) is 9.07. The fourth-order valence-corrected chi connectivity index (χ4v) is 4.22. The SMILES string of the molecule is CCc1cc(F)cc(C)c1C(=O)NC(Cc1ccc(-c2coc(CNc3cc(C)ccn3)n2)cc1)C(=O)O. The zero-order chi connectivity index (χ0) is 27.2. The lowest BCUT2D eigenvalue weighted by Crippen LogP contribution is -2.42. The number of hydrogen-bond donors (Lipinski definition) is 3. The van der Waals surface area contributed by atoms with E-state index in [0.29, 0.717) is 41.2 Å². The number of carbonyl (C=O) groups is 2. The zero-order valence-electron chi connectivity index (χ0n) is 21.4. The summed E-state index contributed by atoms with van der Waals surface area (Å²) in [6.45, 7) is 5.82. The van der Waals surface area contributed by atoms with E-state index in [9.17, 15) is 19.1 Å². The highest BCUT2D eigenvalue weighted by molar-refractivity contribution is 5.99. The van der Waals surface area contributed by atoms with Crippen LogP contribution in [0.25, 0.3) is 11.3 Å². The van der Waals surface area contributed by atoms with Gasteiger partial charge < -0.3 is 20.2 Å². The van der Waals surface area contributed by atoms with Crippen molar-refractivity contribution < 1.29 is 23.5 Å². The van der Waals surface area contributed by atoms with Crippen molar-refractivity contribution >= 4 is 17.7 Å². The smallest absolute Gasteiger partial charge is 0.326 e. The third-order valence-electron chi connectivity index (χ3n) is 6.17. The van der Waals surface area contributed by atoms with Crippen molar-refractivity contribution in [3.8, 4) is 11.3 Å². The molecule has 2 aromatic carbocycles. The summed E-state index contributed by atoms with van der Waals surface area (Å²) in [5, 5.41) is 15.5. The van der Waals surface area contributed by atoms with Crippen molar-refractivity contribution in [3.05, 3.63) is 101 Å². The number of oxazole rings is 1. The van der Waals surface area contributed by atoms with Gasteiger partial charge in [-0.25, -0.2) is 19.2 Å². The van der Waals surface area contributed by atoms with Gasteiger partial charge >= 0.3 is 5.97 Å². The number of aliphatic carboxylic acids is 1. The highest BCUT2D eigenvalue weighted by atomic mass is 19.1. The monoisotopic (exact) mass is 516 g/mol. The summed E-state index contributed by atoms with van der Waals surface area (Å²) in [7, 11) is 0. The van der Waals surface area contributed by atoms with Gasteiger partial charge in [-0.05, 0) is 66.8 Å². The molecule has 1 unspecified atom stereocenters. The van der Waals surface area contributed by atoms with Gasteiger partial charge in [0.15, 0.2) is 0 Å². The Morgan fingerprint density at radius 2 is 1.87 bits per heavy atom. The van der Waals surface area contributed by atoms with Gasteiger partial charge in [-0.1, -0.05) is 31.2 Å². The minimum Gasteiger partial charge on any atom is -0.480 e. The summed E-state index contributed by atoms with van der Waals surface area (Å²) in [4.78, 5) is 33.6. The number of nitrogens with zero attached hydrogens (tertiary/aromatic N) is 2. The largest absolute Gasteiger partial charge is 0.480 e. The van der Waals surface area contributed by atoms with Crippen LogP contribution in [-0.2, 0) is 24.2 Å². The number of carboxylic acids is 1.